The molecule has 2 N–H and O–H groups in total. The molecule has 0 saturated heterocycles. The average molecular weight is 1220 g/mol. The Labute approximate surface area is 529 Å². The van der Waals surface area contributed by atoms with Gasteiger partial charge < -0.3 is 19.4 Å². The minimum absolute atomic E-state index is 0.0431. The summed E-state index contributed by atoms with van der Waals surface area (Å²) in [6.07, 6.45) is 81.6. The van der Waals surface area contributed by atoms with Crippen molar-refractivity contribution in [1.82, 2.24) is 5.32 Å². The Kier molecular flexibility index (Phi) is 63.8. The lowest BCUT2D eigenvalue weighted by molar-refractivity contribution is -0.870. The Balaban J connectivity index is 5.03. The molecule has 10 heteroatoms. The quantitative estimate of drug-likeness (QED) is 0.0205. The first-order chi connectivity index (χ1) is 41.4. The molecule has 9 nitrogen and oxygen atoms in total. The summed E-state index contributed by atoms with van der Waals surface area (Å²) in [7, 11) is 1.52. The molecule has 85 heavy (non-hydrogen) atoms. The number of likely N-dealkylation sites (N-methyl/N-ethyl adjacent to an activating group) is 1. The van der Waals surface area contributed by atoms with Crippen molar-refractivity contribution in [3.63, 3.8) is 0 Å². The molecule has 0 aliphatic rings. The lowest BCUT2D eigenvalue weighted by Gasteiger charge is -2.27. The van der Waals surface area contributed by atoms with Gasteiger partial charge in [-0.3, -0.25) is 18.6 Å². The number of phosphoric ester groups is 1. The van der Waals surface area contributed by atoms with Crippen molar-refractivity contribution >= 4 is 19.7 Å². The highest BCUT2D eigenvalue weighted by Crippen LogP contribution is 2.43. The van der Waals surface area contributed by atoms with Crippen molar-refractivity contribution in [3.05, 3.63) is 36.5 Å². The molecule has 0 heterocycles. The molecule has 0 fully saturated rings. The van der Waals surface area contributed by atoms with E-state index in [1.165, 1.54) is 289 Å². The summed E-state index contributed by atoms with van der Waals surface area (Å²) in [6, 6.07) is -0.846. The fraction of sp³-hybridized carbons (Fsp3) is 0.893. The highest BCUT2D eigenvalue weighted by Gasteiger charge is 2.30. The number of rotatable bonds is 69. The van der Waals surface area contributed by atoms with E-state index in [-0.39, 0.29) is 25.1 Å². The van der Waals surface area contributed by atoms with Gasteiger partial charge in [0.1, 0.15) is 19.3 Å². The van der Waals surface area contributed by atoms with Gasteiger partial charge in [-0.15, -0.1) is 0 Å². The third-order valence-electron chi connectivity index (χ3n) is 17.1. The monoisotopic (exact) mass is 1220 g/mol. The zero-order chi connectivity index (χ0) is 62.1. The Bertz CT molecular complexity index is 1550. The van der Waals surface area contributed by atoms with Crippen LogP contribution in [0.3, 0.4) is 0 Å². The number of amides is 1. The molecule has 502 valence electrons. The molecule has 0 saturated carbocycles. The molecule has 3 unspecified atom stereocenters. The number of unbranched alkanes of at least 4 members (excludes halogenated alkanes) is 49. The summed E-state index contributed by atoms with van der Waals surface area (Å²) in [4.78, 5) is 38.0. The van der Waals surface area contributed by atoms with Crippen molar-refractivity contribution in [3.8, 4) is 0 Å². The van der Waals surface area contributed by atoms with Gasteiger partial charge in [-0.05, 0) is 83.1 Å². The van der Waals surface area contributed by atoms with E-state index in [1.807, 2.05) is 27.2 Å². The zero-order valence-corrected chi connectivity index (χ0v) is 58.5. The van der Waals surface area contributed by atoms with Crippen molar-refractivity contribution in [2.24, 2.45) is 0 Å². The van der Waals surface area contributed by atoms with Crippen LogP contribution in [0.25, 0.3) is 0 Å². The second-order valence-electron chi connectivity index (χ2n) is 26.8. The van der Waals surface area contributed by atoms with Crippen molar-refractivity contribution in [2.75, 3.05) is 40.9 Å². The second-order valence-corrected chi connectivity index (χ2v) is 28.3. The summed E-state index contributed by atoms with van der Waals surface area (Å²) < 4.78 is 30.9. The second kappa shape index (κ2) is 65.2. The number of hydrogen-bond donors (Lipinski definition) is 2. The lowest BCUT2D eigenvalue weighted by atomic mass is 10.0. The first kappa shape index (κ1) is 83.2. The minimum Gasteiger partial charge on any atom is -0.456 e. The highest BCUT2D eigenvalue weighted by molar-refractivity contribution is 7.47. The lowest BCUT2D eigenvalue weighted by Crippen LogP contribution is -2.47. The number of hydrogen-bond acceptors (Lipinski definition) is 6. The molecule has 0 bridgehead atoms. The van der Waals surface area contributed by atoms with Crippen molar-refractivity contribution in [1.29, 1.82) is 0 Å². The summed E-state index contributed by atoms with van der Waals surface area (Å²) in [5.74, 6) is -0.484. The van der Waals surface area contributed by atoms with E-state index in [1.54, 1.807) is 0 Å². The fourth-order valence-electron chi connectivity index (χ4n) is 11.3. The number of nitrogens with zero attached hydrogens (tertiary/aromatic N) is 1. The molecule has 0 aromatic rings. The SMILES string of the molecule is CCCCCCCC/C=C/CCCCCCCCCCCCCCCC(=O)NC(COP(=O)(O)OCC[N+](C)(C)C)C(/C=C/CCCCCCCCCCCCC)OC(=O)CCCCCCCCCCCCCCC/C=C/CCCCCCCC. The van der Waals surface area contributed by atoms with Gasteiger partial charge in [0, 0.05) is 12.8 Å². The number of phosphoric acid groups is 1. The molecule has 0 aromatic carbocycles. The van der Waals surface area contributed by atoms with Gasteiger partial charge in [-0.1, -0.05) is 321 Å². The van der Waals surface area contributed by atoms with E-state index in [4.69, 9.17) is 13.8 Å². The number of nitrogens with one attached hydrogen (secondary N) is 1. The molecule has 0 aliphatic heterocycles. The average Bonchev–Trinajstić information content (AvgIpc) is 3.52. The largest absolute Gasteiger partial charge is 0.472 e. The number of esters is 1. The van der Waals surface area contributed by atoms with Crippen LogP contribution in [0, 0.1) is 0 Å². The molecule has 0 spiro atoms. The van der Waals surface area contributed by atoms with Gasteiger partial charge in [0.2, 0.25) is 5.91 Å². The Morgan fingerprint density at radius 3 is 1.00 bits per heavy atom. The summed E-state index contributed by atoms with van der Waals surface area (Å²) >= 11 is 0. The van der Waals surface area contributed by atoms with Gasteiger partial charge in [0.25, 0.3) is 0 Å². The Hall–Kier alpha value is -1.77. The molecule has 0 aromatic heterocycles. The van der Waals surface area contributed by atoms with Crippen LogP contribution in [-0.2, 0) is 27.9 Å². The predicted octanol–water partition coefficient (Wildman–Crippen LogP) is 23.8. The van der Waals surface area contributed by atoms with Crippen LogP contribution in [-0.4, -0.2) is 74.3 Å². The maximum Gasteiger partial charge on any atom is 0.472 e. The number of allylic oxidation sites excluding steroid dienone is 5. The summed E-state index contributed by atoms with van der Waals surface area (Å²) in [6.45, 7) is 7.07. The Morgan fingerprint density at radius 1 is 0.400 bits per heavy atom. The molecular weight excluding hydrogens is 1070 g/mol. The van der Waals surface area contributed by atoms with Gasteiger partial charge in [-0.2, -0.15) is 0 Å². The maximum absolute atomic E-state index is 13.6. The molecule has 1 amide bonds. The highest BCUT2D eigenvalue weighted by atomic mass is 31.2. The summed E-state index contributed by atoms with van der Waals surface area (Å²) in [5, 5.41) is 3.08. The van der Waals surface area contributed by atoms with Crippen LogP contribution in [0.2, 0.25) is 0 Å². The van der Waals surface area contributed by atoms with Gasteiger partial charge >= 0.3 is 13.8 Å². The first-order valence-corrected chi connectivity index (χ1v) is 38.8. The van der Waals surface area contributed by atoms with Crippen LogP contribution in [0.4, 0.5) is 0 Å². The van der Waals surface area contributed by atoms with E-state index in [2.05, 4.69) is 56.5 Å². The van der Waals surface area contributed by atoms with E-state index < -0.39 is 20.0 Å². The normalized spacial score (nSPS) is 13.6. The standard InChI is InChI=1S/C75H145N2O7P/c1-7-10-13-16-19-22-25-28-30-32-34-36-38-40-42-44-46-49-52-55-58-61-64-67-74(78)76-72(71-83-85(80,81)82-70-69-77(4,5)6)73(66-63-60-57-54-51-48-27-24-21-18-15-12-9-3)84-75(79)68-65-62-59-56-53-50-47-45-43-41-39-37-35-33-31-29-26-23-20-17-14-11-8-2/h28-31,63,66,72-73H,7-27,32-62,64-65,67-71H2,1-6H3,(H-,76,78,80,81)/p+1/b30-28+,31-29+,66-63+. The fourth-order valence-corrected chi connectivity index (χ4v) is 12.0. The van der Waals surface area contributed by atoms with Crippen LogP contribution < -0.4 is 5.32 Å². The van der Waals surface area contributed by atoms with Crippen molar-refractivity contribution < 1.29 is 37.3 Å². The molecule has 0 aliphatic carbocycles. The number of carbonyl (C=O) groups excluding carboxylic acids is 2. The summed E-state index contributed by atoms with van der Waals surface area (Å²) in [5.41, 5.74) is 0. The van der Waals surface area contributed by atoms with Crippen LogP contribution in [0.1, 0.15) is 380 Å². The van der Waals surface area contributed by atoms with Crippen LogP contribution in [0.15, 0.2) is 36.5 Å². The van der Waals surface area contributed by atoms with E-state index in [0.717, 1.165) is 57.8 Å². The first-order valence-electron chi connectivity index (χ1n) is 37.3. The molecule has 3 atom stereocenters. The van der Waals surface area contributed by atoms with E-state index in [9.17, 15) is 19.0 Å². The molecule has 0 rings (SSSR count). The number of ether oxygens (including phenoxy) is 1. The zero-order valence-electron chi connectivity index (χ0n) is 57.6. The maximum atomic E-state index is 13.6. The van der Waals surface area contributed by atoms with E-state index >= 15 is 0 Å². The third kappa shape index (κ3) is 66.5. The van der Waals surface area contributed by atoms with Gasteiger partial charge in [0.05, 0.1) is 33.8 Å². The van der Waals surface area contributed by atoms with Crippen LogP contribution in [0.5, 0.6) is 0 Å². The van der Waals surface area contributed by atoms with E-state index in [0.29, 0.717) is 23.9 Å². The predicted molar refractivity (Wildman–Crippen MR) is 369 cm³/mol. The smallest absolute Gasteiger partial charge is 0.456 e. The topological polar surface area (TPSA) is 111 Å². The van der Waals surface area contributed by atoms with Crippen LogP contribution >= 0.6 is 7.82 Å². The number of carbonyl (C=O) groups is 2. The Morgan fingerprint density at radius 2 is 0.682 bits per heavy atom. The van der Waals surface area contributed by atoms with Gasteiger partial charge in [0.15, 0.2) is 0 Å². The molecular formula is C75H146N2O7P+. The molecule has 0 radical (unpaired) electrons. The number of quaternary nitrogens is 1. The minimum atomic E-state index is -4.45. The van der Waals surface area contributed by atoms with Gasteiger partial charge in [-0.25, -0.2) is 4.57 Å². The van der Waals surface area contributed by atoms with Crippen molar-refractivity contribution in [2.45, 2.75) is 392 Å². The third-order valence-corrected chi connectivity index (χ3v) is 18.0.